The number of hydrogen-bond acceptors (Lipinski definition) is 3. The maximum Gasteiger partial charge on any atom is 0.244 e. The quantitative estimate of drug-likeness (QED) is 0.562. The zero-order valence-electron chi connectivity index (χ0n) is 12.7. The van der Waals surface area contributed by atoms with Crippen LogP contribution in [0.25, 0.3) is 0 Å². The lowest BCUT2D eigenvalue weighted by molar-refractivity contribution is -0.143. The first kappa shape index (κ1) is 16.3. The highest BCUT2D eigenvalue weighted by Crippen LogP contribution is 2.60. The summed E-state index contributed by atoms with van der Waals surface area (Å²) in [5.41, 5.74) is 0.655. The number of halogens is 2. The molecule has 2 aliphatic carbocycles. The van der Waals surface area contributed by atoms with E-state index in [0.29, 0.717) is 5.69 Å². The SMILES string of the molecule is O=C(CN1C(=O)[C@@H]2[C@H]3C[C@H]([C@H](Br)[C@@H]3Br)[C@@H]2C1=O)Nc1ccccc1. The van der Waals surface area contributed by atoms with Crippen molar-refractivity contribution in [2.24, 2.45) is 23.7 Å². The number of alkyl halides is 2. The molecule has 0 radical (unpaired) electrons. The highest BCUT2D eigenvalue weighted by Gasteiger charge is 2.66. The Morgan fingerprint density at radius 1 is 1.04 bits per heavy atom. The van der Waals surface area contributed by atoms with Crippen LogP contribution in [-0.4, -0.2) is 38.8 Å². The number of anilines is 1. The van der Waals surface area contributed by atoms with Gasteiger partial charge in [-0.2, -0.15) is 0 Å². The number of carbonyl (C=O) groups is 3. The molecule has 0 aromatic heterocycles. The van der Waals surface area contributed by atoms with Crippen LogP contribution in [0.5, 0.6) is 0 Å². The van der Waals surface area contributed by atoms with Gasteiger partial charge in [-0.1, -0.05) is 50.1 Å². The lowest BCUT2D eigenvalue weighted by Gasteiger charge is -2.28. The molecule has 3 amide bonds. The molecular formula is C17H16Br2N2O3. The van der Waals surface area contributed by atoms with Crippen LogP contribution in [0.4, 0.5) is 5.69 Å². The third kappa shape index (κ3) is 2.36. The van der Waals surface area contributed by atoms with E-state index in [2.05, 4.69) is 37.2 Å². The number of hydrogen-bond donors (Lipinski definition) is 1. The van der Waals surface area contributed by atoms with Crippen LogP contribution in [-0.2, 0) is 14.4 Å². The number of rotatable bonds is 3. The Bertz CT molecular complexity index is 679. The summed E-state index contributed by atoms with van der Waals surface area (Å²) in [5, 5.41) is 2.73. The van der Waals surface area contributed by atoms with Crippen LogP contribution in [0.15, 0.2) is 30.3 Å². The average molecular weight is 456 g/mol. The minimum Gasteiger partial charge on any atom is -0.325 e. The van der Waals surface area contributed by atoms with Crippen molar-refractivity contribution in [2.75, 3.05) is 11.9 Å². The molecule has 7 heteroatoms. The van der Waals surface area contributed by atoms with Gasteiger partial charge in [0.25, 0.3) is 0 Å². The zero-order chi connectivity index (χ0) is 17.0. The lowest BCUT2D eigenvalue weighted by atomic mass is 9.81. The highest BCUT2D eigenvalue weighted by atomic mass is 79.9. The van der Waals surface area contributed by atoms with Gasteiger partial charge in [-0.25, -0.2) is 0 Å². The lowest BCUT2D eigenvalue weighted by Crippen LogP contribution is -2.39. The normalized spacial score (nSPS) is 37.0. The highest BCUT2D eigenvalue weighted by molar-refractivity contribution is 9.12. The van der Waals surface area contributed by atoms with Gasteiger partial charge in [-0.05, 0) is 30.4 Å². The van der Waals surface area contributed by atoms with Gasteiger partial charge in [0, 0.05) is 15.3 Å². The molecule has 2 saturated carbocycles. The Balaban J connectivity index is 1.49. The number of fused-ring (bicyclic) bond motifs is 5. The fraction of sp³-hybridized carbons (Fsp3) is 0.471. The molecule has 2 bridgehead atoms. The van der Waals surface area contributed by atoms with Crippen LogP contribution in [0.3, 0.4) is 0 Å². The molecule has 1 aromatic rings. The number of nitrogens with zero attached hydrogens (tertiary/aromatic N) is 1. The van der Waals surface area contributed by atoms with Crippen molar-refractivity contribution in [1.82, 2.24) is 4.90 Å². The molecular weight excluding hydrogens is 440 g/mol. The van der Waals surface area contributed by atoms with Crippen molar-refractivity contribution in [3.05, 3.63) is 30.3 Å². The fourth-order valence-electron chi connectivity index (χ4n) is 4.43. The molecule has 24 heavy (non-hydrogen) atoms. The smallest absolute Gasteiger partial charge is 0.244 e. The van der Waals surface area contributed by atoms with Crippen molar-refractivity contribution in [2.45, 2.75) is 16.1 Å². The van der Waals surface area contributed by atoms with Crippen LogP contribution in [0.2, 0.25) is 0 Å². The number of likely N-dealkylation sites (tertiary alicyclic amines) is 1. The van der Waals surface area contributed by atoms with E-state index in [1.807, 2.05) is 18.2 Å². The van der Waals surface area contributed by atoms with Crippen LogP contribution in [0.1, 0.15) is 6.42 Å². The summed E-state index contributed by atoms with van der Waals surface area (Å²) in [7, 11) is 0. The molecule has 5 nitrogen and oxygen atoms in total. The van der Waals surface area contributed by atoms with Crippen LogP contribution >= 0.6 is 31.9 Å². The first-order valence-corrected chi connectivity index (χ1v) is 9.80. The average Bonchev–Trinajstić information content (AvgIpc) is 3.16. The summed E-state index contributed by atoms with van der Waals surface area (Å²) in [5.74, 6) is -0.934. The van der Waals surface area contributed by atoms with Crippen LogP contribution < -0.4 is 5.32 Å². The molecule has 3 aliphatic rings. The largest absolute Gasteiger partial charge is 0.325 e. The van der Waals surface area contributed by atoms with Gasteiger partial charge in [0.2, 0.25) is 17.7 Å². The predicted octanol–water partition coefficient (Wildman–Crippen LogP) is 2.40. The molecule has 126 valence electrons. The molecule has 1 heterocycles. The minimum absolute atomic E-state index is 0.169. The van der Waals surface area contributed by atoms with Gasteiger partial charge in [0.15, 0.2) is 0 Å². The third-order valence-corrected chi connectivity index (χ3v) is 8.64. The Morgan fingerprint density at radius 2 is 1.58 bits per heavy atom. The number of nitrogens with one attached hydrogen (secondary N) is 1. The van der Waals surface area contributed by atoms with E-state index in [0.717, 1.165) is 11.3 Å². The van der Waals surface area contributed by atoms with E-state index in [9.17, 15) is 14.4 Å². The van der Waals surface area contributed by atoms with Gasteiger partial charge in [-0.3, -0.25) is 19.3 Å². The fourth-order valence-corrected chi connectivity index (χ4v) is 6.31. The maximum absolute atomic E-state index is 12.7. The molecule has 0 spiro atoms. The number of imide groups is 1. The topological polar surface area (TPSA) is 66.5 Å². The summed E-state index contributed by atoms with van der Waals surface area (Å²) in [4.78, 5) is 39.2. The standard InChI is InChI=1S/C17H16Br2N2O3/c18-14-9-6-10(15(14)19)13-12(9)16(23)21(17(13)24)7-11(22)20-8-4-2-1-3-5-8/h1-5,9-10,12-15H,6-7H2,(H,20,22)/t9-,10+,12-,13+,14-,15+. The monoisotopic (exact) mass is 454 g/mol. The molecule has 1 saturated heterocycles. The summed E-state index contributed by atoms with van der Waals surface area (Å²) >= 11 is 7.30. The van der Waals surface area contributed by atoms with E-state index in [-0.39, 0.29) is 57.6 Å². The first-order chi connectivity index (χ1) is 11.5. The summed E-state index contributed by atoms with van der Waals surface area (Å²) < 4.78 is 0. The minimum atomic E-state index is -0.346. The first-order valence-electron chi connectivity index (χ1n) is 7.97. The Morgan fingerprint density at radius 3 is 2.12 bits per heavy atom. The summed E-state index contributed by atoms with van der Waals surface area (Å²) in [6, 6.07) is 9.02. The van der Waals surface area contributed by atoms with Crippen molar-refractivity contribution >= 4 is 55.3 Å². The molecule has 6 atom stereocenters. The Hall–Kier alpha value is -1.21. The molecule has 0 unspecified atom stereocenters. The maximum atomic E-state index is 12.7. The van der Waals surface area contributed by atoms with Gasteiger partial charge < -0.3 is 5.32 Å². The van der Waals surface area contributed by atoms with Gasteiger partial charge in [0.05, 0.1) is 11.8 Å². The van der Waals surface area contributed by atoms with E-state index < -0.39 is 0 Å². The number of para-hydroxylation sites is 1. The van der Waals surface area contributed by atoms with Crippen molar-refractivity contribution < 1.29 is 14.4 Å². The van der Waals surface area contributed by atoms with E-state index in [1.165, 1.54) is 0 Å². The zero-order valence-corrected chi connectivity index (χ0v) is 15.9. The molecule has 4 rings (SSSR count). The van der Waals surface area contributed by atoms with Gasteiger partial charge in [-0.15, -0.1) is 0 Å². The Kier molecular flexibility index (Phi) is 4.03. The van der Waals surface area contributed by atoms with E-state index in [1.54, 1.807) is 12.1 Å². The third-order valence-electron chi connectivity index (χ3n) is 5.44. The van der Waals surface area contributed by atoms with E-state index in [4.69, 9.17) is 0 Å². The van der Waals surface area contributed by atoms with Gasteiger partial charge in [0.1, 0.15) is 6.54 Å². The molecule has 3 fully saturated rings. The van der Waals surface area contributed by atoms with E-state index >= 15 is 0 Å². The number of benzene rings is 1. The molecule has 1 aliphatic heterocycles. The number of amides is 3. The summed E-state index contributed by atoms with van der Waals surface area (Å²) in [6.07, 6.45) is 0.892. The van der Waals surface area contributed by atoms with Crippen LogP contribution in [0, 0.1) is 23.7 Å². The van der Waals surface area contributed by atoms with Crippen molar-refractivity contribution in [1.29, 1.82) is 0 Å². The number of carbonyl (C=O) groups excluding carboxylic acids is 3. The Labute approximate surface area is 156 Å². The van der Waals surface area contributed by atoms with Crippen molar-refractivity contribution in [3.63, 3.8) is 0 Å². The summed E-state index contributed by atoms with van der Waals surface area (Å²) in [6.45, 7) is -0.209. The second kappa shape index (κ2) is 5.95. The predicted molar refractivity (Wildman–Crippen MR) is 95.8 cm³/mol. The van der Waals surface area contributed by atoms with Gasteiger partial charge >= 0.3 is 0 Å². The molecule has 1 N–H and O–H groups in total. The van der Waals surface area contributed by atoms with Crippen molar-refractivity contribution in [3.8, 4) is 0 Å². The second-order valence-corrected chi connectivity index (χ2v) is 8.80. The second-order valence-electron chi connectivity index (χ2n) is 6.68. The molecule has 1 aromatic carbocycles.